The number of nitrogens with zero attached hydrogens (tertiary/aromatic N) is 3. The predicted molar refractivity (Wildman–Crippen MR) is 95.4 cm³/mol. The zero-order valence-electron chi connectivity index (χ0n) is 13.6. The Kier molecular flexibility index (Phi) is 3.31. The molecule has 4 aromatic rings. The lowest BCUT2D eigenvalue weighted by molar-refractivity contribution is 0.468. The molecule has 0 aliphatic heterocycles. The van der Waals surface area contributed by atoms with E-state index in [1.807, 2.05) is 36.4 Å². The molecule has 0 unspecified atom stereocenters. The Morgan fingerprint density at radius 3 is 1.96 bits per heavy atom. The highest BCUT2D eigenvalue weighted by Gasteiger charge is 2.10. The van der Waals surface area contributed by atoms with Crippen molar-refractivity contribution in [2.75, 3.05) is 0 Å². The molecule has 0 saturated carbocycles. The van der Waals surface area contributed by atoms with Gasteiger partial charge in [0.2, 0.25) is 0 Å². The van der Waals surface area contributed by atoms with Gasteiger partial charge in [-0.1, -0.05) is 47.5 Å². The van der Waals surface area contributed by atoms with Crippen LogP contribution in [0, 0.1) is 13.8 Å². The number of fused-ring (bicyclic) bond motifs is 1. The Bertz CT molecular complexity index is 997. The topological polar surface area (TPSA) is 50.9 Å². The normalized spacial score (nSPS) is 11.1. The highest BCUT2D eigenvalue weighted by molar-refractivity contribution is 5.74. The highest BCUT2D eigenvalue weighted by Crippen LogP contribution is 2.29. The Balaban J connectivity index is 1.79. The van der Waals surface area contributed by atoms with Gasteiger partial charge in [-0.15, -0.1) is 15.0 Å². The standard InChI is InChI=1S/C20H17N3O/c1-13-9-14(2)11-16(10-13)15-7-8-19(20(24)12-15)23-21-17-5-3-4-6-18(17)22-23/h3-12,24H,1-2H3. The van der Waals surface area contributed by atoms with Gasteiger partial charge in [0.25, 0.3) is 0 Å². The molecule has 3 aromatic carbocycles. The fourth-order valence-electron chi connectivity index (χ4n) is 2.98. The maximum atomic E-state index is 10.5. The molecule has 0 radical (unpaired) electrons. The van der Waals surface area contributed by atoms with E-state index in [4.69, 9.17) is 0 Å². The van der Waals surface area contributed by atoms with Crippen molar-refractivity contribution in [1.29, 1.82) is 0 Å². The first-order chi connectivity index (χ1) is 11.6. The average molecular weight is 315 g/mol. The van der Waals surface area contributed by atoms with Gasteiger partial charge in [-0.05, 0) is 49.2 Å². The van der Waals surface area contributed by atoms with Crippen molar-refractivity contribution in [2.45, 2.75) is 13.8 Å². The molecule has 1 N–H and O–H groups in total. The number of aromatic nitrogens is 3. The van der Waals surface area contributed by atoms with Crippen molar-refractivity contribution < 1.29 is 5.11 Å². The monoisotopic (exact) mass is 315 g/mol. The molecule has 0 atom stereocenters. The van der Waals surface area contributed by atoms with Crippen LogP contribution in [0.1, 0.15) is 11.1 Å². The van der Waals surface area contributed by atoms with Gasteiger partial charge in [0.05, 0.1) is 0 Å². The number of hydrogen-bond acceptors (Lipinski definition) is 3. The number of phenols is 1. The number of aryl methyl sites for hydroxylation is 2. The molecular formula is C20H17N3O. The van der Waals surface area contributed by atoms with E-state index in [0.717, 1.165) is 22.2 Å². The largest absolute Gasteiger partial charge is 0.506 e. The van der Waals surface area contributed by atoms with Crippen molar-refractivity contribution in [3.8, 4) is 22.6 Å². The third-order valence-corrected chi connectivity index (χ3v) is 4.03. The molecule has 4 heteroatoms. The maximum absolute atomic E-state index is 10.5. The highest BCUT2D eigenvalue weighted by atomic mass is 16.3. The third-order valence-electron chi connectivity index (χ3n) is 4.03. The van der Waals surface area contributed by atoms with Crippen LogP contribution in [0.2, 0.25) is 0 Å². The number of hydrogen-bond donors (Lipinski definition) is 1. The minimum atomic E-state index is 0.159. The molecule has 0 aliphatic carbocycles. The second-order valence-electron chi connectivity index (χ2n) is 6.06. The summed E-state index contributed by atoms with van der Waals surface area (Å²) < 4.78 is 0. The van der Waals surface area contributed by atoms with Crippen molar-refractivity contribution >= 4 is 11.0 Å². The van der Waals surface area contributed by atoms with Gasteiger partial charge < -0.3 is 5.11 Å². The smallest absolute Gasteiger partial charge is 0.143 e. The average Bonchev–Trinajstić information content (AvgIpc) is 2.97. The van der Waals surface area contributed by atoms with Crippen LogP contribution in [0.15, 0.2) is 60.7 Å². The molecule has 118 valence electrons. The molecule has 0 saturated heterocycles. The number of phenolic OH excluding ortho intramolecular Hbond substituents is 1. The second kappa shape index (κ2) is 5.49. The third kappa shape index (κ3) is 2.52. The van der Waals surface area contributed by atoms with E-state index >= 15 is 0 Å². The van der Waals surface area contributed by atoms with E-state index in [1.54, 1.807) is 6.07 Å². The molecule has 24 heavy (non-hydrogen) atoms. The van der Waals surface area contributed by atoms with Gasteiger partial charge in [-0.25, -0.2) is 0 Å². The summed E-state index contributed by atoms with van der Waals surface area (Å²) in [6.45, 7) is 4.15. The van der Waals surface area contributed by atoms with Crippen LogP contribution in [0.4, 0.5) is 0 Å². The zero-order valence-corrected chi connectivity index (χ0v) is 13.6. The SMILES string of the molecule is Cc1cc(C)cc(-c2ccc(-n3nc4ccccc4n3)c(O)c2)c1. The zero-order chi connectivity index (χ0) is 16.7. The Morgan fingerprint density at radius 2 is 1.38 bits per heavy atom. The Morgan fingerprint density at radius 1 is 0.750 bits per heavy atom. The molecule has 0 aliphatic rings. The van der Waals surface area contributed by atoms with Crippen molar-refractivity contribution in [1.82, 2.24) is 15.0 Å². The van der Waals surface area contributed by atoms with Crippen LogP contribution < -0.4 is 0 Å². The Labute approximate surface area is 140 Å². The fourth-order valence-corrected chi connectivity index (χ4v) is 2.98. The van der Waals surface area contributed by atoms with Gasteiger partial charge in [0.1, 0.15) is 22.5 Å². The predicted octanol–water partition coefficient (Wildman–Crippen LogP) is 4.41. The van der Waals surface area contributed by atoms with Gasteiger partial charge in [-0.2, -0.15) is 0 Å². The number of aromatic hydroxyl groups is 1. The lowest BCUT2D eigenvalue weighted by atomic mass is 10.0. The molecular weight excluding hydrogens is 298 g/mol. The van der Waals surface area contributed by atoms with E-state index in [0.29, 0.717) is 5.69 Å². The molecule has 4 rings (SSSR count). The lowest BCUT2D eigenvalue weighted by Gasteiger charge is -2.08. The van der Waals surface area contributed by atoms with Crippen LogP contribution in [0.3, 0.4) is 0 Å². The summed E-state index contributed by atoms with van der Waals surface area (Å²) in [5, 5.41) is 19.3. The molecule has 0 spiro atoms. The van der Waals surface area contributed by atoms with E-state index in [2.05, 4.69) is 42.2 Å². The fraction of sp³-hybridized carbons (Fsp3) is 0.100. The van der Waals surface area contributed by atoms with Crippen molar-refractivity contribution in [3.05, 3.63) is 71.8 Å². The summed E-state index contributed by atoms with van der Waals surface area (Å²) in [5.74, 6) is 0.159. The summed E-state index contributed by atoms with van der Waals surface area (Å²) >= 11 is 0. The minimum Gasteiger partial charge on any atom is -0.506 e. The summed E-state index contributed by atoms with van der Waals surface area (Å²) in [6, 6.07) is 19.6. The van der Waals surface area contributed by atoms with E-state index in [-0.39, 0.29) is 5.75 Å². The molecule has 0 bridgehead atoms. The van der Waals surface area contributed by atoms with Crippen LogP contribution in [-0.2, 0) is 0 Å². The maximum Gasteiger partial charge on any atom is 0.143 e. The van der Waals surface area contributed by atoms with Crippen LogP contribution in [0.25, 0.3) is 27.8 Å². The number of rotatable bonds is 2. The summed E-state index contributed by atoms with van der Waals surface area (Å²) in [6.07, 6.45) is 0. The summed E-state index contributed by atoms with van der Waals surface area (Å²) in [4.78, 5) is 1.48. The van der Waals surface area contributed by atoms with Gasteiger partial charge >= 0.3 is 0 Å². The molecule has 0 fully saturated rings. The van der Waals surface area contributed by atoms with E-state index < -0.39 is 0 Å². The quantitative estimate of drug-likeness (QED) is 0.596. The molecule has 1 aromatic heterocycles. The van der Waals surface area contributed by atoms with Gasteiger partial charge in [-0.3, -0.25) is 0 Å². The first-order valence-corrected chi connectivity index (χ1v) is 7.84. The second-order valence-corrected chi connectivity index (χ2v) is 6.06. The first kappa shape index (κ1) is 14.5. The van der Waals surface area contributed by atoms with Crippen LogP contribution >= 0.6 is 0 Å². The Hall–Kier alpha value is -3.14. The molecule has 4 nitrogen and oxygen atoms in total. The van der Waals surface area contributed by atoms with Gasteiger partial charge in [0.15, 0.2) is 0 Å². The van der Waals surface area contributed by atoms with Crippen molar-refractivity contribution in [2.24, 2.45) is 0 Å². The first-order valence-electron chi connectivity index (χ1n) is 7.84. The molecule has 0 amide bonds. The summed E-state index contributed by atoms with van der Waals surface area (Å²) in [5.41, 5.74) is 6.64. The minimum absolute atomic E-state index is 0.159. The van der Waals surface area contributed by atoms with E-state index in [9.17, 15) is 5.11 Å². The van der Waals surface area contributed by atoms with Crippen LogP contribution in [0.5, 0.6) is 5.75 Å². The van der Waals surface area contributed by atoms with Gasteiger partial charge in [0, 0.05) is 0 Å². The van der Waals surface area contributed by atoms with Crippen LogP contribution in [-0.4, -0.2) is 20.1 Å². The summed E-state index contributed by atoms with van der Waals surface area (Å²) in [7, 11) is 0. The lowest BCUT2D eigenvalue weighted by Crippen LogP contribution is -1.99. The van der Waals surface area contributed by atoms with Crippen molar-refractivity contribution in [3.63, 3.8) is 0 Å². The van der Waals surface area contributed by atoms with E-state index in [1.165, 1.54) is 15.9 Å². The molecule has 1 heterocycles. The number of benzene rings is 3.